The number of anilines is 1. The summed E-state index contributed by atoms with van der Waals surface area (Å²) in [4.78, 5) is 2.06. The van der Waals surface area contributed by atoms with Gasteiger partial charge in [-0.25, -0.2) is 0 Å². The number of para-hydroxylation sites is 2. The molecule has 0 spiro atoms. The molecule has 1 aliphatic heterocycles. The number of hydrogen-bond acceptors (Lipinski definition) is 7. The van der Waals surface area contributed by atoms with Gasteiger partial charge in [0.05, 0.1) is 13.2 Å². The number of ether oxygens (including phenoxy) is 3. The zero-order valence-corrected chi connectivity index (χ0v) is 14.1. The Morgan fingerprint density at radius 2 is 1.38 bits per heavy atom. The SMILES string of the molecule is c1ccc(Oc2nnnc(N3CCOCC3)c2Oc2ccccc2)cc1. The van der Waals surface area contributed by atoms with Gasteiger partial charge in [0.2, 0.25) is 11.6 Å². The molecule has 1 fully saturated rings. The van der Waals surface area contributed by atoms with Gasteiger partial charge in [-0.3, -0.25) is 0 Å². The van der Waals surface area contributed by atoms with Crippen LogP contribution in [0, 0.1) is 0 Å². The molecule has 0 saturated carbocycles. The number of nitrogens with zero attached hydrogens (tertiary/aromatic N) is 4. The van der Waals surface area contributed by atoms with Crippen LogP contribution in [-0.4, -0.2) is 41.7 Å². The summed E-state index contributed by atoms with van der Waals surface area (Å²) in [6.07, 6.45) is 0. The zero-order valence-electron chi connectivity index (χ0n) is 14.1. The molecule has 0 aliphatic carbocycles. The molecule has 1 aromatic heterocycles. The van der Waals surface area contributed by atoms with E-state index < -0.39 is 0 Å². The Kier molecular flexibility index (Phi) is 4.88. The van der Waals surface area contributed by atoms with Crippen molar-refractivity contribution in [3.05, 3.63) is 60.7 Å². The van der Waals surface area contributed by atoms with Gasteiger partial charge >= 0.3 is 0 Å². The van der Waals surface area contributed by atoms with Crippen LogP contribution in [0.2, 0.25) is 0 Å². The Labute approximate surface area is 151 Å². The van der Waals surface area contributed by atoms with E-state index in [1.54, 1.807) is 0 Å². The van der Waals surface area contributed by atoms with Gasteiger partial charge in [-0.2, -0.15) is 0 Å². The fourth-order valence-electron chi connectivity index (χ4n) is 2.64. The van der Waals surface area contributed by atoms with Gasteiger partial charge in [-0.05, 0) is 29.5 Å². The minimum atomic E-state index is 0.275. The standard InChI is InChI=1S/C19H18N4O3/c1-3-7-15(8-4-1)25-17-18(23-11-13-24-14-12-23)20-22-21-19(17)26-16-9-5-2-6-10-16/h1-10H,11-14H2. The first kappa shape index (κ1) is 16.3. The molecule has 26 heavy (non-hydrogen) atoms. The molecule has 0 N–H and O–H groups in total. The fraction of sp³-hybridized carbons (Fsp3) is 0.211. The van der Waals surface area contributed by atoms with E-state index >= 15 is 0 Å². The topological polar surface area (TPSA) is 69.6 Å². The molecule has 1 saturated heterocycles. The molecule has 4 rings (SSSR count). The van der Waals surface area contributed by atoms with Crippen molar-refractivity contribution in [3.8, 4) is 23.1 Å². The number of hydrogen-bond donors (Lipinski definition) is 0. The Bertz CT molecular complexity index is 840. The normalized spacial score (nSPS) is 14.1. The smallest absolute Gasteiger partial charge is 0.288 e. The van der Waals surface area contributed by atoms with Crippen molar-refractivity contribution < 1.29 is 14.2 Å². The van der Waals surface area contributed by atoms with Crippen molar-refractivity contribution in [1.82, 2.24) is 15.4 Å². The predicted molar refractivity (Wildman–Crippen MR) is 95.9 cm³/mol. The third-order valence-electron chi connectivity index (χ3n) is 3.90. The molecule has 0 radical (unpaired) electrons. The summed E-state index contributed by atoms with van der Waals surface area (Å²) < 4.78 is 17.4. The van der Waals surface area contributed by atoms with Crippen LogP contribution < -0.4 is 14.4 Å². The van der Waals surface area contributed by atoms with Crippen molar-refractivity contribution in [2.45, 2.75) is 0 Å². The lowest BCUT2D eigenvalue weighted by molar-refractivity contribution is 0.122. The molecule has 0 unspecified atom stereocenters. The monoisotopic (exact) mass is 350 g/mol. The van der Waals surface area contributed by atoms with Crippen molar-refractivity contribution in [1.29, 1.82) is 0 Å². The molecule has 2 heterocycles. The van der Waals surface area contributed by atoms with Crippen molar-refractivity contribution in [3.63, 3.8) is 0 Å². The largest absolute Gasteiger partial charge is 0.448 e. The maximum atomic E-state index is 6.09. The maximum Gasteiger partial charge on any atom is 0.288 e. The van der Waals surface area contributed by atoms with E-state index in [1.807, 2.05) is 60.7 Å². The molecule has 2 aromatic carbocycles. The molecular weight excluding hydrogens is 332 g/mol. The quantitative estimate of drug-likeness (QED) is 0.699. The van der Waals surface area contributed by atoms with Crippen LogP contribution in [0.4, 0.5) is 5.82 Å². The molecule has 1 aliphatic rings. The van der Waals surface area contributed by atoms with E-state index in [-0.39, 0.29) is 5.88 Å². The molecule has 7 nitrogen and oxygen atoms in total. The van der Waals surface area contributed by atoms with Gasteiger partial charge in [0, 0.05) is 13.1 Å². The van der Waals surface area contributed by atoms with Crippen LogP contribution in [0.5, 0.6) is 23.1 Å². The van der Waals surface area contributed by atoms with Gasteiger partial charge in [-0.1, -0.05) is 41.5 Å². The predicted octanol–water partition coefficient (Wildman–Crippen LogP) is 3.29. The summed E-state index contributed by atoms with van der Waals surface area (Å²) >= 11 is 0. The number of rotatable bonds is 5. The number of aromatic nitrogens is 3. The first-order valence-electron chi connectivity index (χ1n) is 8.42. The summed E-state index contributed by atoms with van der Waals surface area (Å²) in [7, 11) is 0. The minimum absolute atomic E-state index is 0.275. The van der Waals surface area contributed by atoms with Gasteiger partial charge in [-0.15, -0.1) is 5.10 Å². The lowest BCUT2D eigenvalue weighted by Crippen LogP contribution is -2.37. The van der Waals surface area contributed by atoms with Crippen molar-refractivity contribution in [2.24, 2.45) is 0 Å². The lowest BCUT2D eigenvalue weighted by Gasteiger charge is -2.28. The molecule has 0 atom stereocenters. The van der Waals surface area contributed by atoms with Gasteiger partial charge < -0.3 is 19.1 Å². The highest BCUT2D eigenvalue weighted by atomic mass is 16.5. The molecule has 132 valence electrons. The van der Waals surface area contributed by atoms with Gasteiger partial charge in [0.25, 0.3) is 5.88 Å². The van der Waals surface area contributed by atoms with Crippen molar-refractivity contribution >= 4 is 5.82 Å². The first-order chi connectivity index (χ1) is 12.9. The third-order valence-corrected chi connectivity index (χ3v) is 3.90. The van der Waals surface area contributed by atoms with Gasteiger partial charge in [0.1, 0.15) is 11.5 Å². The molecule has 7 heteroatoms. The first-order valence-corrected chi connectivity index (χ1v) is 8.42. The Morgan fingerprint density at radius 3 is 2.04 bits per heavy atom. The van der Waals surface area contributed by atoms with Crippen LogP contribution in [0.25, 0.3) is 0 Å². The van der Waals surface area contributed by atoms with E-state index in [2.05, 4.69) is 20.3 Å². The lowest BCUT2D eigenvalue weighted by atomic mass is 10.3. The van der Waals surface area contributed by atoms with E-state index in [0.717, 1.165) is 0 Å². The highest BCUT2D eigenvalue weighted by molar-refractivity contribution is 5.58. The minimum Gasteiger partial charge on any atom is -0.448 e. The molecule has 3 aromatic rings. The average molecular weight is 350 g/mol. The molecule has 0 bridgehead atoms. The van der Waals surface area contributed by atoms with Crippen LogP contribution in [0.15, 0.2) is 60.7 Å². The second-order valence-electron chi connectivity index (χ2n) is 5.68. The summed E-state index contributed by atoms with van der Waals surface area (Å²) in [5.74, 6) is 2.64. The second kappa shape index (κ2) is 7.79. The van der Waals surface area contributed by atoms with E-state index in [4.69, 9.17) is 14.2 Å². The number of morpholine rings is 1. The van der Waals surface area contributed by atoms with Crippen LogP contribution in [0.3, 0.4) is 0 Å². The van der Waals surface area contributed by atoms with E-state index in [0.29, 0.717) is 49.4 Å². The average Bonchev–Trinajstić information content (AvgIpc) is 2.71. The zero-order chi connectivity index (χ0) is 17.6. The second-order valence-corrected chi connectivity index (χ2v) is 5.68. The maximum absolute atomic E-state index is 6.09. The fourth-order valence-corrected chi connectivity index (χ4v) is 2.64. The Morgan fingerprint density at radius 1 is 0.769 bits per heavy atom. The van der Waals surface area contributed by atoms with Crippen LogP contribution in [-0.2, 0) is 4.74 Å². The summed E-state index contributed by atoms with van der Waals surface area (Å²) in [6, 6.07) is 18.9. The molecule has 0 amide bonds. The summed E-state index contributed by atoms with van der Waals surface area (Å²) in [5, 5.41) is 12.1. The van der Waals surface area contributed by atoms with E-state index in [1.165, 1.54) is 0 Å². The molecular formula is C19H18N4O3. The summed E-state index contributed by atoms with van der Waals surface area (Å²) in [6.45, 7) is 2.66. The summed E-state index contributed by atoms with van der Waals surface area (Å²) in [5.41, 5.74) is 0. The van der Waals surface area contributed by atoms with Crippen molar-refractivity contribution in [2.75, 3.05) is 31.2 Å². The number of benzene rings is 2. The Hall–Kier alpha value is -3.19. The Balaban J connectivity index is 1.72. The van der Waals surface area contributed by atoms with E-state index in [9.17, 15) is 0 Å². The van der Waals surface area contributed by atoms with Gasteiger partial charge in [0.15, 0.2) is 0 Å². The highest BCUT2D eigenvalue weighted by Gasteiger charge is 2.24. The highest BCUT2D eigenvalue weighted by Crippen LogP contribution is 2.39. The third kappa shape index (κ3) is 3.73. The van der Waals surface area contributed by atoms with Crippen LogP contribution in [0.1, 0.15) is 0 Å². The van der Waals surface area contributed by atoms with Crippen LogP contribution >= 0.6 is 0 Å².